The van der Waals surface area contributed by atoms with Crippen molar-refractivity contribution < 1.29 is 14.3 Å². The van der Waals surface area contributed by atoms with Crippen LogP contribution in [-0.2, 0) is 6.54 Å². The van der Waals surface area contributed by atoms with Crippen LogP contribution in [0.5, 0.6) is 11.5 Å². The second kappa shape index (κ2) is 9.98. The van der Waals surface area contributed by atoms with Crippen LogP contribution in [0.15, 0.2) is 66.0 Å². The molecule has 4 rings (SSSR count). The van der Waals surface area contributed by atoms with Crippen molar-refractivity contribution >= 4 is 22.9 Å². The molecule has 0 aliphatic carbocycles. The number of thiophene rings is 1. The lowest BCUT2D eigenvalue weighted by molar-refractivity contribution is 0.0962. The average molecular weight is 437 g/mol. The van der Waals surface area contributed by atoms with E-state index in [1.165, 1.54) is 11.3 Å². The van der Waals surface area contributed by atoms with Gasteiger partial charge >= 0.3 is 0 Å². The number of piperidine rings is 1. The van der Waals surface area contributed by atoms with Crippen LogP contribution in [0.1, 0.15) is 28.1 Å². The molecule has 1 fully saturated rings. The maximum Gasteiger partial charge on any atom is 0.268 e. The Bertz CT molecular complexity index is 983. The van der Waals surface area contributed by atoms with Gasteiger partial charge in [-0.05, 0) is 42.5 Å². The highest BCUT2D eigenvalue weighted by atomic mass is 32.1. The average Bonchev–Trinajstić information content (AvgIpc) is 3.36. The van der Waals surface area contributed by atoms with Gasteiger partial charge in [-0.15, -0.1) is 11.3 Å². The van der Waals surface area contributed by atoms with Gasteiger partial charge in [-0.3, -0.25) is 9.69 Å². The van der Waals surface area contributed by atoms with Crippen molar-refractivity contribution in [1.82, 2.24) is 4.90 Å². The summed E-state index contributed by atoms with van der Waals surface area (Å²) in [6.45, 7) is 2.69. The third-order valence-electron chi connectivity index (χ3n) is 5.80. The Balaban J connectivity index is 1.46. The van der Waals surface area contributed by atoms with E-state index in [0.29, 0.717) is 0 Å². The summed E-state index contributed by atoms with van der Waals surface area (Å²) in [7, 11) is 3.35. The predicted octanol–water partition coefficient (Wildman–Crippen LogP) is 5.08. The number of anilines is 1. The summed E-state index contributed by atoms with van der Waals surface area (Å²) in [5.41, 5.74) is 2.12. The minimum atomic E-state index is 0.0940. The fourth-order valence-electron chi connectivity index (χ4n) is 4.16. The number of likely N-dealkylation sites (tertiary alicyclic amines) is 1. The van der Waals surface area contributed by atoms with Crippen LogP contribution in [-0.4, -0.2) is 44.2 Å². The first-order chi connectivity index (χ1) is 15.2. The topological polar surface area (TPSA) is 42.0 Å². The zero-order valence-electron chi connectivity index (χ0n) is 18.0. The quantitative estimate of drug-likeness (QED) is 0.518. The molecule has 0 unspecified atom stereocenters. The fraction of sp³-hybridized carbons (Fsp3) is 0.320. The first-order valence-electron chi connectivity index (χ1n) is 10.5. The minimum absolute atomic E-state index is 0.0940. The second-order valence-corrected chi connectivity index (χ2v) is 8.62. The van der Waals surface area contributed by atoms with Gasteiger partial charge in [0.15, 0.2) is 0 Å². The van der Waals surface area contributed by atoms with E-state index in [4.69, 9.17) is 9.47 Å². The Hall–Kier alpha value is -2.83. The lowest BCUT2D eigenvalue weighted by atomic mass is 10.0. The Morgan fingerprint density at radius 1 is 1.03 bits per heavy atom. The maximum atomic E-state index is 13.3. The van der Waals surface area contributed by atoms with E-state index >= 15 is 0 Å². The van der Waals surface area contributed by atoms with E-state index in [-0.39, 0.29) is 11.9 Å². The first-order valence-corrected chi connectivity index (χ1v) is 11.4. The van der Waals surface area contributed by atoms with Crippen molar-refractivity contribution in [3.8, 4) is 11.5 Å². The Morgan fingerprint density at radius 2 is 1.81 bits per heavy atom. The number of benzene rings is 2. The van der Waals surface area contributed by atoms with Crippen molar-refractivity contribution in [3.63, 3.8) is 0 Å². The molecule has 1 aromatic heterocycles. The molecule has 5 nitrogen and oxygen atoms in total. The van der Waals surface area contributed by atoms with Gasteiger partial charge < -0.3 is 14.4 Å². The number of hydrogen-bond donors (Lipinski definition) is 0. The van der Waals surface area contributed by atoms with E-state index in [9.17, 15) is 4.79 Å². The van der Waals surface area contributed by atoms with E-state index in [1.807, 2.05) is 64.9 Å². The minimum Gasteiger partial charge on any atom is -0.497 e. The van der Waals surface area contributed by atoms with Crippen LogP contribution in [0, 0.1) is 0 Å². The molecule has 0 saturated carbocycles. The highest BCUT2D eigenvalue weighted by Crippen LogP contribution is 2.30. The molecule has 1 amide bonds. The number of rotatable bonds is 7. The van der Waals surface area contributed by atoms with Crippen molar-refractivity contribution in [2.75, 3.05) is 32.2 Å². The SMILES string of the molecule is COc1ccc(CN2CCC(N(C(=O)c3cccs3)c3ccccc3)CC2)c(OC)c1. The second-order valence-electron chi connectivity index (χ2n) is 7.67. The van der Waals surface area contributed by atoms with E-state index in [1.54, 1.807) is 14.2 Å². The zero-order valence-corrected chi connectivity index (χ0v) is 18.8. The van der Waals surface area contributed by atoms with Gasteiger partial charge in [-0.2, -0.15) is 0 Å². The third kappa shape index (κ3) is 4.92. The van der Waals surface area contributed by atoms with Gasteiger partial charge in [-0.25, -0.2) is 0 Å². The van der Waals surface area contributed by atoms with Gasteiger partial charge in [-0.1, -0.05) is 30.3 Å². The molecule has 1 aliphatic heterocycles. The zero-order chi connectivity index (χ0) is 21.6. The summed E-state index contributed by atoms with van der Waals surface area (Å²) in [6, 6.07) is 20.0. The molecule has 6 heteroatoms. The number of para-hydroxylation sites is 1. The summed E-state index contributed by atoms with van der Waals surface area (Å²) >= 11 is 1.50. The fourth-order valence-corrected chi connectivity index (χ4v) is 4.82. The maximum absolute atomic E-state index is 13.3. The van der Waals surface area contributed by atoms with Crippen molar-refractivity contribution in [2.45, 2.75) is 25.4 Å². The molecular formula is C25H28N2O3S. The lowest BCUT2D eigenvalue weighted by Crippen LogP contribution is -2.47. The summed E-state index contributed by atoms with van der Waals surface area (Å²) in [5, 5.41) is 1.96. The van der Waals surface area contributed by atoms with Crippen molar-refractivity contribution in [1.29, 1.82) is 0 Å². The molecule has 2 heterocycles. The Labute approximate surface area is 187 Å². The number of carbonyl (C=O) groups is 1. The normalized spacial score (nSPS) is 14.9. The molecule has 0 radical (unpaired) electrons. The van der Waals surface area contributed by atoms with Crippen LogP contribution in [0.2, 0.25) is 0 Å². The molecule has 1 aliphatic rings. The van der Waals surface area contributed by atoms with Crippen molar-refractivity contribution in [3.05, 3.63) is 76.5 Å². The summed E-state index contributed by atoms with van der Waals surface area (Å²) in [6.07, 6.45) is 1.87. The largest absolute Gasteiger partial charge is 0.497 e. The van der Waals surface area contributed by atoms with Gasteiger partial charge in [0.2, 0.25) is 0 Å². The Kier molecular flexibility index (Phi) is 6.89. The summed E-state index contributed by atoms with van der Waals surface area (Å²) in [4.78, 5) is 18.5. The van der Waals surface area contributed by atoms with Crippen LogP contribution < -0.4 is 14.4 Å². The molecule has 0 atom stereocenters. The molecule has 0 N–H and O–H groups in total. The molecule has 31 heavy (non-hydrogen) atoms. The smallest absolute Gasteiger partial charge is 0.268 e. The summed E-state index contributed by atoms with van der Waals surface area (Å²) in [5.74, 6) is 1.74. The number of carbonyl (C=O) groups excluding carboxylic acids is 1. The number of amides is 1. The van der Waals surface area contributed by atoms with Gasteiger partial charge in [0.05, 0.1) is 19.1 Å². The number of methoxy groups -OCH3 is 2. The molecule has 0 spiro atoms. The molecule has 162 valence electrons. The van der Waals surface area contributed by atoms with Crippen LogP contribution in [0.3, 0.4) is 0 Å². The summed E-state index contributed by atoms with van der Waals surface area (Å²) < 4.78 is 10.9. The van der Waals surface area contributed by atoms with Gasteiger partial charge in [0.1, 0.15) is 11.5 Å². The molecule has 3 aromatic rings. The first kappa shape index (κ1) is 21.4. The van der Waals surface area contributed by atoms with Crippen molar-refractivity contribution in [2.24, 2.45) is 0 Å². The van der Waals surface area contributed by atoms with Gasteiger partial charge in [0, 0.05) is 43.0 Å². The molecule has 2 aromatic carbocycles. The lowest BCUT2D eigenvalue weighted by Gasteiger charge is -2.38. The van der Waals surface area contributed by atoms with Gasteiger partial charge in [0.25, 0.3) is 5.91 Å². The predicted molar refractivity (Wildman–Crippen MR) is 125 cm³/mol. The highest BCUT2D eigenvalue weighted by Gasteiger charge is 2.30. The number of hydrogen-bond acceptors (Lipinski definition) is 5. The number of ether oxygens (including phenoxy) is 2. The highest BCUT2D eigenvalue weighted by molar-refractivity contribution is 7.12. The Morgan fingerprint density at radius 3 is 2.45 bits per heavy atom. The van der Waals surface area contributed by atoms with Crippen LogP contribution >= 0.6 is 11.3 Å². The third-order valence-corrected chi connectivity index (χ3v) is 6.65. The molecular weight excluding hydrogens is 408 g/mol. The molecule has 0 bridgehead atoms. The standard InChI is InChI=1S/C25H28N2O3S/c1-29-22-11-10-19(23(17-22)30-2)18-26-14-12-21(13-15-26)27(20-7-4-3-5-8-20)25(28)24-9-6-16-31-24/h3-11,16-17,21H,12-15,18H2,1-2H3. The molecule has 1 saturated heterocycles. The van der Waals surface area contributed by atoms with Crippen LogP contribution in [0.4, 0.5) is 5.69 Å². The monoisotopic (exact) mass is 436 g/mol. The van der Waals surface area contributed by atoms with Crippen LogP contribution in [0.25, 0.3) is 0 Å². The van der Waals surface area contributed by atoms with E-state index in [2.05, 4.69) is 11.0 Å². The number of nitrogens with zero attached hydrogens (tertiary/aromatic N) is 2. The van der Waals surface area contributed by atoms with E-state index in [0.717, 1.165) is 60.1 Å². The van der Waals surface area contributed by atoms with E-state index < -0.39 is 0 Å².